The molecule has 0 aliphatic carbocycles. The third-order valence-electron chi connectivity index (χ3n) is 4.00. The topological polar surface area (TPSA) is 107 Å². The Balaban J connectivity index is 2.01. The molecule has 5 atom stereocenters. The van der Waals surface area contributed by atoms with Crippen molar-refractivity contribution in [2.45, 2.75) is 42.4 Å². The number of rotatable bonds is 2. The molecule has 2 bridgehead atoms. The smallest absolute Gasteiger partial charge is 0.245 e. The SMILES string of the molecule is Cc1ccc(S(=O)(=O)N2[C@@H]3OC[C@H]2[C@@H](O)[C@H](O)[C@@H]3O)cc1. The molecule has 2 aliphatic rings. The van der Waals surface area contributed by atoms with Gasteiger partial charge in [-0.05, 0) is 19.1 Å². The number of ether oxygens (including phenoxy) is 1. The number of aryl methyl sites for hydroxylation is 1. The Morgan fingerprint density at radius 1 is 1.10 bits per heavy atom. The Bertz CT molecular complexity index is 613. The van der Waals surface area contributed by atoms with Crippen molar-refractivity contribution in [2.24, 2.45) is 0 Å². The lowest BCUT2D eigenvalue weighted by Gasteiger charge is -2.40. The highest BCUT2D eigenvalue weighted by Crippen LogP contribution is 2.36. The molecular weight excluding hydrogens is 298 g/mol. The molecule has 8 heteroatoms. The van der Waals surface area contributed by atoms with Gasteiger partial charge < -0.3 is 20.1 Å². The van der Waals surface area contributed by atoms with E-state index in [1.54, 1.807) is 12.1 Å². The molecule has 2 aliphatic heterocycles. The average molecular weight is 315 g/mol. The van der Waals surface area contributed by atoms with Crippen LogP contribution in [-0.2, 0) is 14.8 Å². The minimum absolute atomic E-state index is 0.0596. The molecule has 0 saturated carbocycles. The predicted octanol–water partition coefficient (Wildman–Crippen LogP) is -1.19. The molecule has 21 heavy (non-hydrogen) atoms. The Morgan fingerprint density at radius 2 is 1.71 bits per heavy atom. The summed E-state index contributed by atoms with van der Waals surface area (Å²) in [6, 6.07) is 5.37. The summed E-state index contributed by atoms with van der Waals surface area (Å²) in [5, 5.41) is 29.6. The lowest BCUT2D eigenvalue weighted by atomic mass is 9.97. The Hall–Kier alpha value is -1.03. The van der Waals surface area contributed by atoms with E-state index in [2.05, 4.69) is 0 Å². The number of fused-ring (bicyclic) bond motifs is 2. The van der Waals surface area contributed by atoms with Crippen LogP contribution in [0.25, 0.3) is 0 Å². The van der Waals surface area contributed by atoms with E-state index in [4.69, 9.17) is 4.74 Å². The molecule has 7 nitrogen and oxygen atoms in total. The summed E-state index contributed by atoms with van der Waals surface area (Å²) in [5.74, 6) is 0. The maximum absolute atomic E-state index is 12.7. The molecule has 2 fully saturated rings. The normalized spacial score (nSPS) is 36.9. The molecule has 116 valence electrons. The van der Waals surface area contributed by atoms with Crippen molar-refractivity contribution in [2.75, 3.05) is 6.61 Å². The quantitative estimate of drug-likeness (QED) is 0.633. The number of hydrogen-bond donors (Lipinski definition) is 3. The lowest BCUT2D eigenvalue weighted by molar-refractivity contribution is -0.150. The molecule has 0 spiro atoms. The van der Waals surface area contributed by atoms with Gasteiger partial charge in [0.2, 0.25) is 10.0 Å². The first-order valence-electron chi connectivity index (χ1n) is 6.60. The van der Waals surface area contributed by atoms with Crippen LogP contribution in [0.4, 0.5) is 0 Å². The zero-order valence-electron chi connectivity index (χ0n) is 11.3. The fourth-order valence-electron chi connectivity index (χ4n) is 2.78. The van der Waals surface area contributed by atoms with Crippen LogP contribution in [0.3, 0.4) is 0 Å². The number of hydrogen-bond acceptors (Lipinski definition) is 6. The number of benzene rings is 1. The van der Waals surface area contributed by atoms with Crippen LogP contribution in [0.5, 0.6) is 0 Å². The van der Waals surface area contributed by atoms with Crippen molar-refractivity contribution in [3.05, 3.63) is 29.8 Å². The summed E-state index contributed by atoms with van der Waals surface area (Å²) in [6.45, 7) is 1.78. The monoisotopic (exact) mass is 315 g/mol. The fraction of sp³-hybridized carbons (Fsp3) is 0.538. The van der Waals surface area contributed by atoms with Crippen LogP contribution >= 0.6 is 0 Å². The van der Waals surface area contributed by atoms with Gasteiger partial charge in [0.05, 0.1) is 17.5 Å². The molecule has 1 aromatic rings. The number of aliphatic hydroxyl groups excluding tert-OH is 3. The molecule has 3 rings (SSSR count). The van der Waals surface area contributed by atoms with Gasteiger partial charge in [0.15, 0.2) is 6.23 Å². The van der Waals surface area contributed by atoms with Gasteiger partial charge in [-0.1, -0.05) is 17.7 Å². The molecule has 0 aromatic heterocycles. The molecule has 0 unspecified atom stereocenters. The summed E-state index contributed by atoms with van der Waals surface area (Å²) in [6.07, 6.45) is -5.48. The standard InChI is InChI=1S/C13H17NO6S/c1-7-2-4-8(5-3-7)21(18,19)14-9-6-20-13(14)12(17)11(16)10(9)15/h2-5,9-13,15-17H,6H2,1H3/t9-,10+,11-,12-,13+/m0/s1. The van der Waals surface area contributed by atoms with Gasteiger partial charge in [-0.15, -0.1) is 0 Å². The maximum Gasteiger partial charge on any atom is 0.245 e. The molecule has 0 radical (unpaired) electrons. The van der Waals surface area contributed by atoms with E-state index in [0.717, 1.165) is 9.87 Å². The van der Waals surface area contributed by atoms with Gasteiger partial charge in [-0.3, -0.25) is 0 Å². The highest BCUT2D eigenvalue weighted by atomic mass is 32.2. The van der Waals surface area contributed by atoms with Crippen molar-refractivity contribution < 1.29 is 28.5 Å². The van der Waals surface area contributed by atoms with E-state index in [0.29, 0.717) is 0 Å². The second kappa shape index (κ2) is 5.01. The second-order valence-electron chi connectivity index (χ2n) is 5.41. The van der Waals surface area contributed by atoms with E-state index >= 15 is 0 Å². The van der Waals surface area contributed by atoms with Crippen LogP contribution in [0.1, 0.15) is 5.56 Å². The van der Waals surface area contributed by atoms with Crippen molar-refractivity contribution >= 4 is 10.0 Å². The molecule has 0 amide bonds. The van der Waals surface area contributed by atoms with Crippen molar-refractivity contribution in [1.29, 1.82) is 0 Å². The first-order valence-corrected chi connectivity index (χ1v) is 8.04. The first-order chi connectivity index (χ1) is 9.84. The van der Waals surface area contributed by atoms with Gasteiger partial charge in [0.25, 0.3) is 0 Å². The van der Waals surface area contributed by atoms with Crippen molar-refractivity contribution in [3.8, 4) is 0 Å². The van der Waals surface area contributed by atoms with Gasteiger partial charge >= 0.3 is 0 Å². The zero-order chi connectivity index (χ0) is 15.4. The molecular formula is C13H17NO6S. The van der Waals surface area contributed by atoms with Crippen LogP contribution in [0, 0.1) is 6.92 Å². The molecule has 1 aromatic carbocycles. The van der Waals surface area contributed by atoms with E-state index in [9.17, 15) is 23.7 Å². The minimum atomic E-state index is -3.93. The van der Waals surface area contributed by atoms with Crippen LogP contribution in [0.2, 0.25) is 0 Å². The number of sulfonamides is 1. The average Bonchev–Trinajstić information content (AvgIpc) is 2.86. The van der Waals surface area contributed by atoms with Crippen molar-refractivity contribution in [1.82, 2.24) is 4.31 Å². The summed E-state index contributed by atoms with van der Waals surface area (Å²) in [5.41, 5.74) is 0.919. The Morgan fingerprint density at radius 3 is 2.33 bits per heavy atom. The highest BCUT2D eigenvalue weighted by Gasteiger charge is 2.57. The van der Waals surface area contributed by atoms with E-state index in [1.807, 2.05) is 6.92 Å². The summed E-state index contributed by atoms with van der Waals surface area (Å²) >= 11 is 0. The number of nitrogens with zero attached hydrogens (tertiary/aromatic N) is 1. The fourth-order valence-corrected chi connectivity index (χ4v) is 4.50. The number of aliphatic hydroxyl groups is 3. The zero-order valence-corrected chi connectivity index (χ0v) is 12.1. The third-order valence-corrected chi connectivity index (χ3v) is 5.90. The summed E-state index contributed by atoms with van der Waals surface area (Å²) < 4.78 is 31.6. The predicted molar refractivity (Wildman–Crippen MR) is 71.8 cm³/mol. The minimum Gasteiger partial charge on any atom is -0.389 e. The van der Waals surface area contributed by atoms with Crippen LogP contribution in [-0.4, -0.2) is 65.2 Å². The number of piperidine rings is 1. The Labute approximate surface area is 122 Å². The molecule has 3 N–H and O–H groups in total. The van der Waals surface area contributed by atoms with Gasteiger partial charge in [0.1, 0.15) is 18.3 Å². The van der Waals surface area contributed by atoms with E-state index < -0.39 is 40.6 Å². The van der Waals surface area contributed by atoms with Crippen molar-refractivity contribution in [3.63, 3.8) is 0 Å². The molecule has 2 saturated heterocycles. The Kier molecular flexibility index (Phi) is 3.55. The van der Waals surface area contributed by atoms with Gasteiger partial charge in [0, 0.05) is 0 Å². The third kappa shape index (κ3) is 2.19. The summed E-state index contributed by atoms with van der Waals surface area (Å²) in [4.78, 5) is 0.0596. The lowest BCUT2D eigenvalue weighted by Crippen LogP contribution is -2.63. The first kappa shape index (κ1) is 14.9. The highest BCUT2D eigenvalue weighted by molar-refractivity contribution is 7.89. The van der Waals surface area contributed by atoms with E-state index in [-0.39, 0.29) is 11.5 Å². The maximum atomic E-state index is 12.7. The second-order valence-corrected chi connectivity index (χ2v) is 7.25. The van der Waals surface area contributed by atoms with E-state index in [1.165, 1.54) is 12.1 Å². The van der Waals surface area contributed by atoms with Gasteiger partial charge in [-0.2, -0.15) is 4.31 Å². The van der Waals surface area contributed by atoms with Crippen LogP contribution < -0.4 is 0 Å². The van der Waals surface area contributed by atoms with Crippen LogP contribution in [0.15, 0.2) is 29.2 Å². The molecule has 2 heterocycles. The largest absolute Gasteiger partial charge is 0.389 e. The summed E-state index contributed by atoms with van der Waals surface area (Å²) in [7, 11) is -3.93. The van der Waals surface area contributed by atoms with Gasteiger partial charge in [-0.25, -0.2) is 8.42 Å².